The van der Waals surface area contributed by atoms with Crippen molar-refractivity contribution in [2.45, 2.75) is 20.3 Å². The van der Waals surface area contributed by atoms with Gasteiger partial charge in [-0.2, -0.15) is 0 Å². The zero-order chi connectivity index (χ0) is 16.8. The molecule has 0 fully saturated rings. The molecule has 0 aliphatic rings. The van der Waals surface area contributed by atoms with Gasteiger partial charge in [0.2, 0.25) is 11.8 Å². The Hall–Kier alpha value is -2.33. The van der Waals surface area contributed by atoms with Crippen molar-refractivity contribution in [3.8, 4) is 0 Å². The molecule has 0 saturated carbocycles. The number of rotatable bonds is 5. The first kappa shape index (κ1) is 17.0. The number of amides is 2. The summed E-state index contributed by atoms with van der Waals surface area (Å²) >= 11 is 5.81. The van der Waals surface area contributed by atoms with Crippen molar-refractivity contribution >= 4 is 34.8 Å². The van der Waals surface area contributed by atoms with Gasteiger partial charge in [0.05, 0.1) is 0 Å². The van der Waals surface area contributed by atoms with Crippen LogP contribution in [0, 0.1) is 6.92 Å². The molecule has 0 bridgehead atoms. The standard InChI is InChI=1S/C18H19ClN2O2/c1-13-4-3-5-17(12-13)21(14(2)22)11-10-18(23)20-16-8-6-15(19)7-9-16/h3-9,12H,10-11H2,1-2H3,(H,20,23). The normalized spacial score (nSPS) is 10.2. The summed E-state index contributed by atoms with van der Waals surface area (Å²) < 4.78 is 0. The van der Waals surface area contributed by atoms with Crippen LogP contribution in [-0.4, -0.2) is 18.4 Å². The number of carbonyl (C=O) groups excluding carboxylic acids is 2. The van der Waals surface area contributed by atoms with E-state index in [1.165, 1.54) is 6.92 Å². The molecule has 0 heterocycles. The predicted octanol–water partition coefficient (Wildman–Crippen LogP) is 4.03. The molecule has 0 unspecified atom stereocenters. The highest BCUT2D eigenvalue weighted by molar-refractivity contribution is 6.30. The molecule has 4 nitrogen and oxygen atoms in total. The van der Waals surface area contributed by atoms with Gasteiger partial charge in [0.15, 0.2) is 0 Å². The van der Waals surface area contributed by atoms with Gasteiger partial charge in [0.25, 0.3) is 0 Å². The Morgan fingerprint density at radius 2 is 1.83 bits per heavy atom. The maximum absolute atomic E-state index is 12.0. The van der Waals surface area contributed by atoms with E-state index in [1.807, 2.05) is 31.2 Å². The summed E-state index contributed by atoms with van der Waals surface area (Å²) in [6, 6.07) is 14.6. The van der Waals surface area contributed by atoms with Gasteiger partial charge in [-0.15, -0.1) is 0 Å². The fourth-order valence-electron chi connectivity index (χ4n) is 2.23. The summed E-state index contributed by atoms with van der Waals surface area (Å²) in [6.45, 7) is 3.80. The topological polar surface area (TPSA) is 49.4 Å². The monoisotopic (exact) mass is 330 g/mol. The molecule has 5 heteroatoms. The Balaban J connectivity index is 1.97. The van der Waals surface area contributed by atoms with Crippen molar-refractivity contribution in [1.82, 2.24) is 0 Å². The van der Waals surface area contributed by atoms with E-state index in [0.29, 0.717) is 17.3 Å². The fraction of sp³-hybridized carbons (Fsp3) is 0.222. The molecule has 2 amide bonds. The number of hydrogen-bond acceptors (Lipinski definition) is 2. The van der Waals surface area contributed by atoms with E-state index in [4.69, 9.17) is 11.6 Å². The van der Waals surface area contributed by atoms with Crippen LogP contribution in [-0.2, 0) is 9.59 Å². The van der Waals surface area contributed by atoms with Gasteiger partial charge in [0, 0.05) is 36.3 Å². The Labute approximate surface area is 141 Å². The maximum Gasteiger partial charge on any atom is 0.226 e. The van der Waals surface area contributed by atoms with Crippen LogP contribution < -0.4 is 10.2 Å². The van der Waals surface area contributed by atoms with Gasteiger partial charge in [-0.05, 0) is 48.9 Å². The first-order valence-electron chi connectivity index (χ1n) is 7.36. The molecule has 2 aromatic rings. The lowest BCUT2D eigenvalue weighted by molar-refractivity contribution is -0.117. The quantitative estimate of drug-likeness (QED) is 0.899. The average molecular weight is 331 g/mol. The zero-order valence-corrected chi connectivity index (χ0v) is 13.9. The number of halogens is 1. The van der Waals surface area contributed by atoms with Gasteiger partial charge in [-0.1, -0.05) is 23.7 Å². The van der Waals surface area contributed by atoms with E-state index in [-0.39, 0.29) is 18.2 Å². The van der Waals surface area contributed by atoms with E-state index in [9.17, 15) is 9.59 Å². The highest BCUT2D eigenvalue weighted by Crippen LogP contribution is 2.17. The summed E-state index contributed by atoms with van der Waals surface area (Å²) in [5.41, 5.74) is 2.56. The summed E-state index contributed by atoms with van der Waals surface area (Å²) in [5.74, 6) is -0.235. The number of carbonyl (C=O) groups is 2. The lowest BCUT2D eigenvalue weighted by Crippen LogP contribution is -2.32. The van der Waals surface area contributed by atoms with Crippen LogP contribution in [0.3, 0.4) is 0 Å². The first-order valence-corrected chi connectivity index (χ1v) is 7.73. The van der Waals surface area contributed by atoms with Gasteiger partial charge in [-0.25, -0.2) is 0 Å². The second-order valence-electron chi connectivity index (χ2n) is 5.31. The molecule has 0 aliphatic carbocycles. The van der Waals surface area contributed by atoms with Gasteiger partial charge in [0.1, 0.15) is 0 Å². The smallest absolute Gasteiger partial charge is 0.226 e. The summed E-state index contributed by atoms with van der Waals surface area (Å²) in [5, 5.41) is 3.41. The molecule has 0 atom stereocenters. The van der Waals surface area contributed by atoms with Crippen molar-refractivity contribution < 1.29 is 9.59 Å². The second kappa shape index (κ2) is 7.79. The molecule has 0 aromatic heterocycles. The fourth-order valence-corrected chi connectivity index (χ4v) is 2.36. The van der Waals surface area contributed by atoms with Crippen LogP contribution in [0.15, 0.2) is 48.5 Å². The van der Waals surface area contributed by atoms with Crippen LogP contribution in [0.25, 0.3) is 0 Å². The number of nitrogens with zero attached hydrogens (tertiary/aromatic N) is 1. The van der Waals surface area contributed by atoms with Crippen LogP contribution in [0.1, 0.15) is 18.9 Å². The van der Waals surface area contributed by atoms with Crippen LogP contribution in [0.5, 0.6) is 0 Å². The molecule has 1 N–H and O–H groups in total. The largest absolute Gasteiger partial charge is 0.326 e. The molecule has 23 heavy (non-hydrogen) atoms. The minimum absolute atomic E-state index is 0.0881. The first-order chi connectivity index (χ1) is 11.0. The third kappa shape index (κ3) is 5.11. The third-order valence-corrected chi connectivity index (χ3v) is 3.64. The minimum Gasteiger partial charge on any atom is -0.326 e. The number of hydrogen-bond donors (Lipinski definition) is 1. The average Bonchev–Trinajstić information content (AvgIpc) is 2.49. The second-order valence-corrected chi connectivity index (χ2v) is 5.75. The number of anilines is 2. The highest BCUT2D eigenvalue weighted by Gasteiger charge is 2.13. The Morgan fingerprint density at radius 3 is 2.43 bits per heavy atom. The third-order valence-electron chi connectivity index (χ3n) is 3.38. The molecular formula is C18H19ClN2O2. The molecule has 120 valence electrons. The van der Waals surface area contributed by atoms with Crippen molar-refractivity contribution in [3.63, 3.8) is 0 Å². The molecule has 2 rings (SSSR count). The van der Waals surface area contributed by atoms with E-state index >= 15 is 0 Å². The minimum atomic E-state index is -0.147. The predicted molar refractivity (Wildman–Crippen MR) is 93.9 cm³/mol. The van der Waals surface area contributed by atoms with Crippen LogP contribution in [0.2, 0.25) is 5.02 Å². The zero-order valence-electron chi connectivity index (χ0n) is 13.2. The number of aryl methyl sites for hydroxylation is 1. The molecule has 0 radical (unpaired) electrons. The lowest BCUT2D eigenvalue weighted by atomic mass is 10.2. The number of benzene rings is 2. The highest BCUT2D eigenvalue weighted by atomic mass is 35.5. The van der Waals surface area contributed by atoms with Crippen molar-refractivity contribution in [1.29, 1.82) is 0 Å². The summed E-state index contributed by atoms with van der Waals surface area (Å²) in [7, 11) is 0. The van der Waals surface area contributed by atoms with Crippen molar-refractivity contribution in [2.24, 2.45) is 0 Å². The van der Waals surface area contributed by atoms with E-state index < -0.39 is 0 Å². The molecule has 0 saturated heterocycles. The van der Waals surface area contributed by atoms with Crippen molar-refractivity contribution in [3.05, 3.63) is 59.1 Å². The Morgan fingerprint density at radius 1 is 1.13 bits per heavy atom. The van der Waals surface area contributed by atoms with E-state index in [2.05, 4.69) is 5.32 Å². The Kier molecular flexibility index (Phi) is 5.77. The number of nitrogens with one attached hydrogen (secondary N) is 1. The van der Waals surface area contributed by atoms with Gasteiger partial charge < -0.3 is 10.2 Å². The van der Waals surface area contributed by atoms with Gasteiger partial charge >= 0.3 is 0 Å². The SMILES string of the molecule is CC(=O)N(CCC(=O)Nc1ccc(Cl)cc1)c1cccc(C)c1. The molecule has 0 spiro atoms. The molecule has 2 aromatic carbocycles. The van der Waals surface area contributed by atoms with E-state index in [0.717, 1.165) is 11.3 Å². The Bertz CT molecular complexity index is 698. The summed E-state index contributed by atoms with van der Waals surface area (Å²) in [4.78, 5) is 25.5. The molecular weight excluding hydrogens is 312 g/mol. The maximum atomic E-state index is 12.0. The lowest BCUT2D eigenvalue weighted by Gasteiger charge is -2.21. The summed E-state index contributed by atoms with van der Waals surface area (Å²) in [6.07, 6.45) is 0.218. The molecule has 0 aliphatic heterocycles. The van der Waals surface area contributed by atoms with E-state index in [1.54, 1.807) is 29.2 Å². The van der Waals surface area contributed by atoms with Crippen molar-refractivity contribution in [2.75, 3.05) is 16.8 Å². The van der Waals surface area contributed by atoms with Gasteiger partial charge in [-0.3, -0.25) is 9.59 Å². The van der Waals surface area contributed by atoms with Crippen LogP contribution in [0.4, 0.5) is 11.4 Å². The van der Waals surface area contributed by atoms with Crippen LogP contribution >= 0.6 is 11.6 Å².